The Morgan fingerprint density at radius 3 is 2.78 bits per heavy atom. The molecule has 0 radical (unpaired) electrons. The lowest BCUT2D eigenvalue weighted by atomic mass is 9.89. The standard InChI is InChI=1S/C16H20N6O/c1-11-2-3-15(20-18-11)21-7-5-12-8-22(10-13(12)9-21)16(23)14-4-6-17-19-14/h2-4,6,12-13H,5,7-10H2,1H3,(H,17,19)/t12-,13+/m0/s1. The van der Waals surface area contributed by atoms with Crippen LogP contribution in [0.1, 0.15) is 22.6 Å². The van der Waals surface area contributed by atoms with Crippen molar-refractivity contribution in [2.45, 2.75) is 13.3 Å². The van der Waals surface area contributed by atoms with Crippen LogP contribution in [0, 0.1) is 18.8 Å². The zero-order valence-corrected chi connectivity index (χ0v) is 13.1. The van der Waals surface area contributed by atoms with Crippen LogP contribution < -0.4 is 4.90 Å². The van der Waals surface area contributed by atoms with E-state index in [4.69, 9.17) is 0 Å². The topological polar surface area (TPSA) is 78.0 Å². The van der Waals surface area contributed by atoms with Crippen LogP contribution in [0.15, 0.2) is 24.4 Å². The van der Waals surface area contributed by atoms with E-state index >= 15 is 0 Å². The minimum Gasteiger partial charge on any atom is -0.355 e. The number of carbonyl (C=O) groups excluding carboxylic acids is 1. The van der Waals surface area contributed by atoms with Gasteiger partial charge >= 0.3 is 0 Å². The number of anilines is 1. The molecule has 2 aliphatic heterocycles. The van der Waals surface area contributed by atoms with E-state index < -0.39 is 0 Å². The maximum Gasteiger partial charge on any atom is 0.271 e. The Bertz CT molecular complexity index is 683. The van der Waals surface area contributed by atoms with Crippen LogP contribution in [0.5, 0.6) is 0 Å². The third-order valence-electron chi connectivity index (χ3n) is 4.93. The predicted molar refractivity (Wildman–Crippen MR) is 85.1 cm³/mol. The minimum atomic E-state index is 0.0542. The first-order valence-corrected chi connectivity index (χ1v) is 8.04. The number of hydrogen-bond acceptors (Lipinski definition) is 5. The zero-order valence-electron chi connectivity index (χ0n) is 13.1. The molecule has 0 bridgehead atoms. The molecule has 2 aromatic heterocycles. The Labute approximate surface area is 134 Å². The molecule has 23 heavy (non-hydrogen) atoms. The largest absolute Gasteiger partial charge is 0.355 e. The van der Waals surface area contributed by atoms with Gasteiger partial charge in [0.25, 0.3) is 5.91 Å². The highest BCUT2D eigenvalue weighted by molar-refractivity contribution is 5.92. The van der Waals surface area contributed by atoms with Gasteiger partial charge in [0.15, 0.2) is 5.82 Å². The molecule has 0 spiro atoms. The number of carbonyl (C=O) groups is 1. The molecule has 7 nitrogen and oxygen atoms in total. The third-order valence-corrected chi connectivity index (χ3v) is 4.93. The molecule has 120 valence electrons. The van der Waals surface area contributed by atoms with Gasteiger partial charge in [-0.15, -0.1) is 5.10 Å². The molecule has 2 aromatic rings. The molecular weight excluding hydrogens is 292 g/mol. The lowest BCUT2D eigenvalue weighted by Gasteiger charge is -2.34. The van der Waals surface area contributed by atoms with Crippen molar-refractivity contribution < 1.29 is 4.79 Å². The number of nitrogens with zero attached hydrogens (tertiary/aromatic N) is 5. The number of piperidine rings is 1. The summed E-state index contributed by atoms with van der Waals surface area (Å²) in [5.74, 6) is 2.07. The number of rotatable bonds is 2. The van der Waals surface area contributed by atoms with Crippen molar-refractivity contribution in [2.24, 2.45) is 11.8 Å². The molecular formula is C16H20N6O. The number of hydrogen-bond donors (Lipinski definition) is 1. The SMILES string of the molecule is Cc1ccc(N2CC[C@H]3CN(C(=O)c4ccn[nH]4)C[C@H]3C2)nn1. The summed E-state index contributed by atoms with van der Waals surface area (Å²) in [6.07, 6.45) is 2.71. The number of H-pyrrole nitrogens is 1. The van der Waals surface area contributed by atoms with Gasteiger partial charge in [-0.05, 0) is 43.4 Å². The van der Waals surface area contributed by atoms with Gasteiger partial charge < -0.3 is 9.80 Å². The van der Waals surface area contributed by atoms with Gasteiger partial charge in [-0.25, -0.2) is 0 Å². The molecule has 0 saturated carbocycles. The molecule has 2 atom stereocenters. The molecule has 7 heteroatoms. The number of likely N-dealkylation sites (tertiary alicyclic amines) is 1. The molecule has 1 N–H and O–H groups in total. The fourth-order valence-corrected chi connectivity index (χ4v) is 3.65. The Kier molecular flexibility index (Phi) is 3.48. The summed E-state index contributed by atoms with van der Waals surface area (Å²) in [6.45, 7) is 5.51. The summed E-state index contributed by atoms with van der Waals surface area (Å²) in [6, 6.07) is 5.76. The number of nitrogens with one attached hydrogen (secondary N) is 1. The second kappa shape index (κ2) is 5.64. The summed E-state index contributed by atoms with van der Waals surface area (Å²) >= 11 is 0. The summed E-state index contributed by atoms with van der Waals surface area (Å²) in [5, 5.41) is 15.1. The summed E-state index contributed by atoms with van der Waals surface area (Å²) in [4.78, 5) is 16.7. The van der Waals surface area contributed by atoms with E-state index in [1.807, 2.05) is 24.0 Å². The van der Waals surface area contributed by atoms with E-state index in [1.54, 1.807) is 12.3 Å². The first kappa shape index (κ1) is 14.2. The predicted octanol–water partition coefficient (Wildman–Crippen LogP) is 1.11. The van der Waals surface area contributed by atoms with E-state index in [2.05, 4.69) is 25.3 Å². The molecule has 4 heterocycles. The second-order valence-electron chi connectivity index (χ2n) is 6.47. The Morgan fingerprint density at radius 1 is 1.17 bits per heavy atom. The molecule has 0 aliphatic carbocycles. The molecule has 2 fully saturated rings. The van der Waals surface area contributed by atoms with E-state index in [1.165, 1.54) is 0 Å². The van der Waals surface area contributed by atoms with Crippen molar-refractivity contribution in [1.82, 2.24) is 25.3 Å². The van der Waals surface area contributed by atoms with Crippen LogP contribution in [0.25, 0.3) is 0 Å². The first-order chi connectivity index (χ1) is 11.2. The van der Waals surface area contributed by atoms with Crippen LogP contribution >= 0.6 is 0 Å². The summed E-state index contributed by atoms with van der Waals surface area (Å²) in [7, 11) is 0. The second-order valence-corrected chi connectivity index (χ2v) is 6.47. The van der Waals surface area contributed by atoms with Crippen LogP contribution in [0.4, 0.5) is 5.82 Å². The zero-order chi connectivity index (χ0) is 15.8. The quantitative estimate of drug-likeness (QED) is 0.898. The van der Waals surface area contributed by atoms with E-state index in [-0.39, 0.29) is 5.91 Å². The van der Waals surface area contributed by atoms with Gasteiger partial charge in [0, 0.05) is 32.4 Å². The van der Waals surface area contributed by atoms with Gasteiger partial charge in [0.05, 0.1) is 5.69 Å². The molecule has 0 aromatic carbocycles. The average molecular weight is 312 g/mol. The van der Waals surface area contributed by atoms with Crippen molar-refractivity contribution in [2.75, 3.05) is 31.1 Å². The van der Waals surface area contributed by atoms with E-state index in [9.17, 15) is 4.79 Å². The summed E-state index contributed by atoms with van der Waals surface area (Å²) in [5.41, 5.74) is 1.51. The molecule has 2 saturated heterocycles. The van der Waals surface area contributed by atoms with Crippen LogP contribution in [-0.2, 0) is 0 Å². The fraction of sp³-hybridized carbons (Fsp3) is 0.500. The van der Waals surface area contributed by atoms with Crippen molar-refractivity contribution in [1.29, 1.82) is 0 Å². The Morgan fingerprint density at radius 2 is 2.04 bits per heavy atom. The lowest BCUT2D eigenvalue weighted by Crippen LogP contribution is -2.40. The highest BCUT2D eigenvalue weighted by Gasteiger charge is 2.39. The van der Waals surface area contributed by atoms with E-state index in [0.29, 0.717) is 17.5 Å². The molecule has 2 aliphatic rings. The number of aromatic nitrogens is 4. The Hall–Kier alpha value is -2.44. The fourth-order valence-electron chi connectivity index (χ4n) is 3.65. The van der Waals surface area contributed by atoms with Crippen LogP contribution in [0.3, 0.4) is 0 Å². The highest BCUT2D eigenvalue weighted by Crippen LogP contribution is 2.33. The molecule has 0 unspecified atom stereocenters. The average Bonchev–Trinajstić information content (AvgIpc) is 3.23. The highest BCUT2D eigenvalue weighted by atomic mass is 16.2. The van der Waals surface area contributed by atoms with Crippen molar-refractivity contribution in [3.05, 3.63) is 35.8 Å². The Balaban J connectivity index is 1.44. The van der Waals surface area contributed by atoms with Crippen LogP contribution in [-0.4, -0.2) is 57.4 Å². The van der Waals surface area contributed by atoms with E-state index in [0.717, 1.165) is 44.1 Å². The summed E-state index contributed by atoms with van der Waals surface area (Å²) < 4.78 is 0. The van der Waals surface area contributed by atoms with Crippen molar-refractivity contribution in [3.63, 3.8) is 0 Å². The van der Waals surface area contributed by atoms with Gasteiger partial charge in [-0.1, -0.05) is 0 Å². The maximum absolute atomic E-state index is 12.5. The minimum absolute atomic E-state index is 0.0542. The first-order valence-electron chi connectivity index (χ1n) is 8.04. The monoisotopic (exact) mass is 312 g/mol. The maximum atomic E-state index is 12.5. The number of aromatic amines is 1. The van der Waals surface area contributed by atoms with Gasteiger partial charge in [0.1, 0.15) is 5.69 Å². The van der Waals surface area contributed by atoms with Crippen LogP contribution in [0.2, 0.25) is 0 Å². The lowest BCUT2D eigenvalue weighted by molar-refractivity contribution is 0.0778. The van der Waals surface area contributed by atoms with Crippen molar-refractivity contribution >= 4 is 11.7 Å². The van der Waals surface area contributed by atoms with Gasteiger partial charge in [-0.3, -0.25) is 9.89 Å². The molecule has 4 rings (SSSR count). The normalized spacial score (nSPS) is 23.9. The van der Waals surface area contributed by atoms with Gasteiger partial charge in [0.2, 0.25) is 0 Å². The number of fused-ring (bicyclic) bond motifs is 1. The number of amides is 1. The third kappa shape index (κ3) is 2.67. The number of aryl methyl sites for hydroxylation is 1. The molecule has 1 amide bonds. The van der Waals surface area contributed by atoms with Crippen molar-refractivity contribution in [3.8, 4) is 0 Å². The smallest absolute Gasteiger partial charge is 0.271 e. The van der Waals surface area contributed by atoms with Gasteiger partial charge in [-0.2, -0.15) is 10.2 Å².